The van der Waals surface area contributed by atoms with Gasteiger partial charge in [0.15, 0.2) is 0 Å². The molecule has 0 aliphatic carbocycles. The number of benzene rings is 4. The van der Waals surface area contributed by atoms with Crippen molar-refractivity contribution in [2.45, 2.75) is 38.0 Å². The molecule has 0 unspecified atom stereocenters. The summed E-state index contributed by atoms with van der Waals surface area (Å²) >= 11 is 0. The Balaban J connectivity index is 1.55. The highest BCUT2D eigenvalue weighted by atomic mass is 16.5. The van der Waals surface area contributed by atoms with Crippen LogP contribution in [0.15, 0.2) is 133 Å². The van der Waals surface area contributed by atoms with Crippen LogP contribution in [0.4, 0.5) is 4.79 Å². The van der Waals surface area contributed by atoms with Crippen LogP contribution in [-0.4, -0.2) is 30.6 Å². The molecule has 0 radical (unpaired) electrons. The van der Waals surface area contributed by atoms with E-state index in [1.54, 1.807) is 6.92 Å². The van der Waals surface area contributed by atoms with E-state index in [0.29, 0.717) is 0 Å². The molecule has 4 rings (SSSR count). The zero-order chi connectivity index (χ0) is 30.3. The molecule has 4 aromatic rings. The Morgan fingerprint density at radius 1 is 0.721 bits per heavy atom. The monoisotopic (exact) mass is 576 g/mol. The SMILES string of the molecule is CCOC(=O)/C=C/[C@H](CCC(=O)NC(c1ccccc1)(c1ccccc1)c1ccccc1)NC(=O)OCc1ccccc1. The standard InChI is InChI=1S/C36H36N2O5/c1-2-42-34(40)26-24-32(37-35(41)43-27-28-15-7-3-8-16-28)23-25-33(39)38-36(29-17-9-4-10-18-29,30-19-11-5-12-20-30)31-21-13-6-14-22-31/h3-22,24,26,32H,2,23,25,27H2,1H3,(H,37,41)(H,38,39)/b26-24+/t32-/m0/s1. The lowest BCUT2D eigenvalue weighted by molar-refractivity contribution is -0.137. The van der Waals surface area contributed by atoms with Gasteiger partial charge in [0.2, 0.25) is 5.91 Å². The highest BCUT2D eigenvalue weighted by Gasteiger charge is 2.37. The number of carbonyl (C=O) groups excluding carboxylic acids is 3. The normalized spacial score (nSPS) is 11.8. The van der Waals surface area contributed by atoms with Gasteiger partial charge in [0, 0.05) is 12.5 Å². The van der Waals surface area contributed by atoms with E-state index in [1.807, 2.05) is 121 Å². The lowest BCUT2D eigenvalue weighted by Gasteiger charge is -2.37. The molecule has 0 spiro atoms. The first-order chi connectivity index (χ1) is 21.0. The van der Waals surface area contributed by atoms with E-state index in [2.05, 4.69) is 10.6 Å². The van der Waals surface area contributed by atoms with Crippen LogP contribution in [0.25, 0.3) is 0 Å². The van der Waals surface area contributed by atoms with E-state index < -0.39 is 23.6 Å². The first kappa shape index (κ1) is 30.8. The fourth-order valence-electron chi connectivity index (χ4n) is 4.86. The molecule has 4 aromatic carbocycles. The van der Waals surface area contributed by atoms with Crippen LogP contribution in [0, 0.1) is 0 Å². The molecule has 2 amide bonds. The van der Waals surface area contributed by atoms with Crippen molar-refractivity contribution in [1.29, 1.82) is 0 Å². The Kier molecular flexibility index (Phi) is 11.3. The molecular weight excluding hydrogens is 540 g/mol. The summed E-state index contributed by atoms with van der Waals surface area (Å²) < 4.78 is 10.4. The Labute approximate surface area is 252 Å². The highest BCUT2D eigenvalue weighted by molar-refractivity contribution is 5.82. The van der Waals surface area contributed by atoms with Crippen molar-refractivity contribution in [3.05, 3.63) is 156 Å². The maximum atomic E-state index is 13.7. The van der Waals surface area contributed by atoms with Gasteiger partial charge in [-0.25, -0.2) is 9.59 Å². The van der Waals surface area contributed by atoms with Gasteiger partial charge < -0.3 is 20.1 Å². The number of nitrogens with one attached hydrogen (secondary N) is 2. The van der Waals surface area contributed by atoms with Gasteiger partial charge in [0.1, 0.15) is 12.1 Å². The number of carbonyl (C=O) groups is 3. The molecule has 7 nitrogen and oxygen atoms in total. The average Bonchev–Trinajstić information content (AvgIpc) is 3.06. The van der Waals surface area contributed by atoms with Gasteiger partial charge in [-0.1, -0.05) is 127 Å². The van der Waals surface area contributed by atoms with Gasteiger partial charge >= 0.3 is 12.1 Å². The van der Waals surface area contributed by atoms with Gasteiger partial charge in [0.05, 0.1) is 12.6 Å². The number of alkyl carbamates (subject to hydrolysis) is 1. The zero-order valence-electron chi connectivity index (χ0n) is 24.1. The van der Waals surface area contributed by atoms with E-state index in [4.69, 9.17) is 9.47 Å². The third-order valence-electron chi connectivity index (χ3n) is 6.90. The second-order valence-electron chi connectivity index (χ2n) is 9.86. The van der Waals surface area contributed by atoms with Crippen molar-refractivity contribution >= 4 is 18.0 Å². The van der Waals surface area contributed by atoms with Crippen LogP contribution in [0.3, 0.4) is 0 Å². The first-order valence-corrected chi connectivity index (χ1v) is 14.3. The summed E-state index contributed by atoms with van der Waals surface area (Å²) in [5.74, 6) is -0.766. The van der Waals surface area contributed by atoms with Crippen LogP contribution in [-0.2, 0) is 31.2 Å². The second-order valence-corrected chi connectivity index (χ2v) is 9.86. The molecule has 7 heteroatoms. The van der Waals surface area contributed by atoms with Crippen LogP contribution < -0.4 is 10.6 Å². The third-order valence-corrected chi connectivity index (χ3v) is 6.90. The average molecular weight is 577 g/mol. The number of hydrogen-bond acceptors (Lipinski definition) is 5. The van der Waals surface area contributed by atoms with E-state index in [1.165, 1.54) is 12.2 Å². The van der Waals surface area contributed by atoms with Gasteiger partial charge in [-0.2, -0.15) is 0 Å². The van der Waals surface area contributed by atoms with Crippen LogP contribution in [0.2, 0.25) is 0 Å². The Bertz CT molecular complexity index is 1380. The minimum Gasteiger partial charge on any atom is -0.463 e. The highest BCUT2D eigenvalue weighted by Crippen LogP contribution is 2.36. The zero-order valence-corrected chi connectivity index (χ0v) is 24.1. The third kappa shape index (κ3) is 8.66. The predicted molar refractivity (Wildman–Crippen MR) is 166 cm³/mol. The summed E-state index contributed by atoms with van der Waals surface area (Å²) in [7, 11) is 0. The number of hydrogen-bond donors (Lipinski definition) is 2. The molecule has 0 saturated heterocycles. The van der Waals surface area contributed by atoms with Crippen LogP contribution >= 0.6 is 0 Å². The fraction of sp³-hybridized carbons (Fsp3) is 0.194. The van der Waals surface area contributed by atoms with Crippen LogP contribution in [0.5, 0.6) is 0 Å². The van der Waals surface area contributed by atoms with E-state index in [-0.39, 0.29) is 32.0 Å². The summed E-state index contributed by atoms with van der Waals surface area (Å²) in [6, 6.07) is 38.1. The molecule has 0 aliphatic rings. The summed E-state index contributed by atoms with van der Waals surface area (Å²) in [6.45, 7) is 2.03. The Morgan fingerprint density at radius 2 is 1.21 bits per heavy atom. The molecule has 2 N–H and O–H groups in total. The smallest absolute Gasteiger partial charge is 0.407 e. The first-order valence-electron chi connectivity index (χ1n) is 14.3. The van der Waals surface area contributed by atoms with E-state index in [9.17, 15) is 14.4 Å². The van der Waals surface area contributed by atoms with Crippen molar-refractivity contribution in [3.63, 3.8) is 0 Å². The molecule has 0 fully saturated rings. The number of amides is 2. The maximum Gasteiger partial charge on any atom is 0.407 e. The molecule has 0 aromatic heterocycles. The molecule has 220 valence electrons. The summed E-state index contributed by atoms with van der Waals surface area (Å²) in [5, 5.41) is 6.08. The van der Waals surface area contributed by atoms with Crippen molar-refractivity contribution < 1.29 is 23.9 Å². The van der Waals surface area contributed by atoms with Gasteiger partial charge in [-0.05, 0) is 35.6 Å². The lowest BCUT2D eigenvalue weighted by Crippen LogP contribution is -2.48. The molecule has 43 heavy (non-hydrogen) atoms. The molecule has 0 bridgehead atoms. The molecule has 1 atom stereocenters. The summed E-state index contributed by atoms with van der Waals surface area (Å²) in [5.41, 5.74) is 2.60. The largest absolute Gasteiger partial charge is 0.463 e. The molecule has 0 heterocycles. The Hall–Kier alpha value is -5.17. The summed E-state index contributed by atoms with van der Waals surface area (Å²) in [6.07, 6.45) is 2.40. The number of ether oxygens (including phenoxy) is 2. The van der Waals surface area contributed by atoms with Crippen molar-refractivity contribution in [2.24, 2.45) is 0 Å². The molecule has 0 aliphatic heterocycles. The maximum absolute atomic E-state index is 13.7. The Morgan fingerprint density at radius 3 is 1.70 bits per heavy atom. The van der Waals surface area contributed by atoms with Crippen molar-refractivity contribution in [1.82, 2.24) is 10.6 Å². The number of esters is 1. The fourth-order valence-corrected chi connectivity index (χ4v) is 4.86. The predicted octanol–water partition coefficient (Wildman–Crippen LogP) is 6.29. The minimum absolute atomic E-state index is 0.0606. The van der Waals surface area contributed by atoms with Crippen LogP contribution in [0.1, 0.15) is 42.0 Å². The van der Waals surface area contributed by atoms with E-state index >= 15 is 0 Å². The second kappa shape index (κ2) is 15.7. The van der Waals surface area contributed by atoms with Gasteiger partial charge in [-0.3, -0.25) is 4.79 Å². The molecule has 0 saturated carbocycles. The molecular formula is C36H36N2O5. The lowest BCUT2D eigenvalue weighted by atomic mass is 9.77. The van der Waals surface area contributed by atoms with Gasteiger partial charge in [0.25, 0.3) is 0 Å². The summed E-state index contributed by atoms with van der Waals surface area (Å²) in [4.78, 5) is 38.4. The minimum atomic E-state index is -0.959. The van der Waals surface area contributed by atoms with E-state index in [0.717, 1.165) is 22.3 Å². The topological polar surface area (TPSA) is 93.7 Å². The van der Waals surface area contributed by atoms with Crippen molar-refractivity contribution in [3.8, 4) is 0 Å². The number of rotatable bonds is 13. The van der Waals surface area contributed by atoms with Crippen molar-refractivity contribution in [2.75, 3.05) is 6.61 Å². The quantitative estimate of drug-likeness (QED) is 0.111. The van der Waals surface area contributed by atoms with Gasteiger partial charge in [-0.15, -0.1) is 0 Å².